The number of fused-ring (bicyclic) bond motifs is 1. The highest BCUT2D eigenvalue weighted by molar-refractivity contribution is 5.81. The number of aromatic amines is 1. The summed E-state index contributed by atoms with van der Waals surface area (Å²) in [6, 6.07) is 11.5. The Morgan fingerprint density at radius 1 is 1.19 bits per heavy atom. The summed E-state index contributed by atoms with van der Waals surface area (Å²) in [4.78, 5) is 6.88. The van der Waals surface area contributed by atoms with Crippen LogP contribution in [0.3, 0.4) is 0 Å². The van der Waals surface area contributed by atoms with Crippen LogP contribution in [0.2, 0.25) is 0 Å². The zero-order chi connectivity index (χ0) is 19.2. The molecule has 1 aliphatic rings. The van der Waals surface area contributed by atoms with Gasteiger partial charge < -0.3 is 10.2 Å². The Kier molecular flexibility index (Phi) is 6.13. The van der Waals surface area contributed by atoms with E-state index in [9.17, 15) is 4.39 Å². The van der Waals surface area contributed by atoms with Crippen LogP contribution in [0.25, 0.3) is 10.9 Å². The molecule has 0 radical (unpaired) electrons. The van der Waals surface area contributed by atoms with E-state index in [4.69, 9.17) is 4.84 Å². The smallest absolute Gasteiger partial charge is 0.148 e. The number of hydrogen-bond donors (Lipinski definition) is 3. The summed E-state index contributed by atoms with van der Waals surface area (Å²) in [5, 5.41) is 11.6. The highest BCUT2D eigenvalue weighted by Crippen LogP contribution is 2.27. The monoisotopic (exact) mass is 371 g/mol. The van der Waals surface area contributed by atoms with Gasteiger partial charge in [-0.1, -0.05) is 13.8 Å². The molecule has 27 heavy (non-hydrogen) atoms. The van der Waals surface area contributed by atoms with E-state index in [1.807, 2.05) is 38.2 Å². The van der Waals surface area contributed by atoms with E-state index >= 15 is 0 Å². The van der Waals surface area contributed by atoms with Crippen molar-refractivity contribution in [2.45, 2.75) is 26.3 Å². The van der Waals surface area contributed by atoms with Gasteiger partial charge in [0.05, 0.1) is 30.2 Å². The molecule has 0 spiro atoms. The van der Waals surface area contributed by atoms with Gasteiger partial charge in [-0.25, -0.2) is 4.39 Å². The van der Waals surface area contributed by atoms with Gasteiger partial charge in [-0.05, 0) is 36.8 Å². The number of anilines is 3. The van der Waals surface area contributed by atoms with Crippen molar-refractivity contribution in [2.75, 3.05) is 35.9 Å². The third kappa shape index (κ3) is 4.31. The molecule has 0 aliphatic carbocycles. The predicted molar refractivity (Wildman–Crippen MR) is 109 cm³/mol. The maximum Gasteiger partial charge on any atom is 0.148 e. The van der Waals surface area contributed by atoms with Crippen LogP contribution in [0.5, 0.6) is 0 Å². The van der Waals surface area contributed by atoms with Crippen LogP contribution < -0.4 is 15.7 Å². The average Bonchev–Trinajstić information content (AvgIpc) is 3.33. The fraction of sp³-hybridized carbons (Fsp3) is 0.350. The largest absolute Gasteiger partial charge is 0.380 e. The van der Waals surface area contributed by atoms with Gasteiger partial charge in [0.2, 0.25) is 0 Å². The van der Waals surface area contributed by atoms with Crippen molar-refractivity contribution in [3.8, 4) is 0 Å². The minimum Gasteiger partial charge on any atom is -0.380 e. The van der Waals surface area contributed by atoms with Crippen molar-refractivity contribution in [2.24, 2.45) is 0 Å². The Hall–Kier alpha value is -2.80. The second-order valence-corrected chi connectivity index (χ2v) is 6.22. The zero-order valence-corrected chi connectivity index (χ0v) is 15.9. The number of nitrogens with one attached hydrogen (secondary N) is 3. The number of aromatic nitrogens is 2. The predicted octanol–water partition coefficient (Wildman–Crippen LogP) is 4.39. The van der Waals surface area contributed by atoms with Gasteiger partial charge in [0.1, 0.15) is 5.82 Å². The lowest BCUT2D eigenvalue weighted by molar-refractivity contribution is 0.271. The lowest BCUT2D eigenvalue weighted by Crippen LogP contribution is -2.26. The zero-order valence-electron chi connectivity index (χ0n) is 15.9. The second kappa shape index (κ2) is 8.73. The van der Waals surface area contributed by atoms with Gasteiger partial charge in [-0.3, -0.25) is 15.4 Å². The molecule has 4 rings (SSSR count). The van der Waals surface area contributed by atoms with Crippen LogP contribution in [0.1, 0.15) is 20.3 Å². The summed E-state index contributed by atoms with van der Waals surface area (Å²) in [6.07, 6.45) is 2.77. The number of nitrogens with zero attached hydrogens (tertiary/aromatic N) is 2. The van der Waals surface area contributed by atoms with E-state index < -0.39 is 0 Å². The van der Waals surface area contributed by atoms with E-state index in [1.165, 1.54) is 13.2 Å². The van der Waals surface area contributed by atoms with Crippen molar-refractivity contribution in [1.82, 2.24) is 10.2 Å². The van der Waals surface area contributed by atoms with Crippen LogP contribution in [0, 0.1) is 5.82 Å². The number of H-pyrrole nitrogens is 1. The Bertz CT molecular complexity index is 882. The first-order valence-electron chi connectivity index (χ1n) is 9.26. The minimum absolute atomic E-state index is 0.248. The molecule has 3 aromatic rings. The van der Waals surface area contributed by atoms with Crippen LogP contribution in [0.15, 0.2) is 42.6 Å². The quantitative estimate of drug-likeness (QED) is 0.581. The lowest BCUT2D eigenvalue weighted by atomic mass is 10.2. The molecule has 0 saturated carbocycles. The standard InChI is InChI=1S/C18H20FN5O.C2H6/c1-25-23-14-3-5-18(16(19)9-14)24-7-6-15(11-24)21-13-2-4-17-12(8-13)10-20-22-17;1-2/h2-5,8-10,15,21,23H,6-7,11H2,1H3,(H,20,22);1-2H3. The third-order valence-electron chi connectivity index (χ3n) is 4.51. The molecule has 0 amide bonds. The topological polar surface area (TPSA) is 65.2 Å². The van der Waals surface area contributed by atoms with Crippen LogP contribution >= 0.6 is 0 Å². The van der Waals surface area contributed by atoms with Crippen molar-refractivity contribution in [3.63, 3.8) is 0 Å². The molecule has 6 nitrogen and oxygen atoms in total. The molecule has 1 aliphatic heterocycles. The fourth-order valence-electron chi connectivity index (χ4n) is 3.31. The first kappa shape index (κ1) is 19.0. The maximum atomic E-state index is 14.4. The first-order valence-corrected chi connectivity index (χ1v) is 9.26. The van der Waals surface area contributed by atoms with Crippen molar-refractivity contribution in [1.29, 1.82) is 0 Å². The van der Waals surface area contributed by atoms with Gasteiger partial charge in [0.25, 0.3) is 0 Å². The van der Waals surface area contributed by atoms with Gasteiger partial charge in [0, 0.05) is 36.3 Å². The van der Waals surface area contributed by atoms with Gasteiger partial charge >= 0.3 is 0 Å². The Balaban J connectivity index is 0.00000102. The average molecular weight is 371 g/mol. The highest BCUT2D eigenvalue weighted by Gasteiger charge is 2.24. The van der Waals surface area contributed by atoms with Gasteiger partial charge in [0.15, 0.2) is 0 Å². The molecule has 1 atom stereocenters. The molecule has 0 bridgehead atoms. The number of rotatable bonds is 5. The Morgan fingerprint density at radius 3 is 2.78 bits per heavy atom. The third-order valence-corrected chi connectivity index (χ3v) is 4.51. The summed E-state index contributed by atoms with van der Waals surface area (Å²) < 4.78 is 14.4. The van der Waals surface area contributed by atoms with Crippen LogP contribution in [-0.2, 0) is 4.84 Å². The highest BCUT2D eigenvalue weighted by atomic mass is 19.1. The summed E-state index contributed by atoms with van der Waals surface area (Å²) >= 11 is 0. The molecule has 1 aromatic heterocycles. The minimum atomic E-state index is -0.248. The van der Waals surface area contributed by atoms with Crippen molar-refractivity contribution in [3.05, 3.63) is 48.4 Å². The fourth-order valence-corrected chi connectivity index (χ4v) is 3.31. The molecule has 144 valence electrons. The number of benzene rings is 2. The van der Waals surface area contributed by atoms with E-state index in [2.05, 4.69) is 32.0 Å². The van der Waals surface area contributed by atoms with E-state index in [0.717, 1.165) is 36.1 Å². The first-order chi connectivity index (χ1) is 13.2. The van der Waals surface area contributed by atoms with Gasteiger partial charge in [-0.2, -0.15) is 5.10 Å². The molecular formula is C20H26FN5O. The SMILES string of the molecule is CC.CONc1ccc(N2CCC(Nc3ccc4[nH]ncc4c3)C2)c(F)c1. The molecule has 2 aromatic carbocycles. The summed E-state index contributed by atoms with van der Waals surface area (Å²) in [5.74, 6) is -0.248. The summed E-state index contributed by atoms with van der Waals surface area (Å²) in [6.45, 7) is 5.58. The van der Waals surface area contributed by atoms with Crippen molar-refractivity contribution < 1.29 is 9.23 Å². The maximum absolute atomic E-state index is 14.4. The molecule has 1 unspecified atom stereocenters. The second-order valence-electron chi connectivity index (χ2n) is 6.22. The molecule has 7 heteroatoms. The van der Waals surface area contributed by atoms with Crippen LogP contribution in [0.4, 0.5) is 21.5 Å². The van der Waals surface area contributed by atoms with E-state index in [1.54, 1.807) is 6.07 Å². The van der Waals surface area contributed by atoms with Crippen molar-refractivity contribution >= 4 is 28.0 Å². The molecular weight excluding hydrogens is 345 g/mol. The molecule has 3 N–H and O–H groups in total. The molecule has 1 fully saturated rings. The lowest BCUT2D eigenvalue weighted by Gasteiger charge is -2.20. The van der Waals surface area contributed by atoms with E-state index in [0.29, 0.717) is 11.4 Å². The number of halogens is 1. The molecule has 2 heterocycles. The normalized spacial score (nSPS) is 16.1. The summed E-state index contributed by atoms with van der Waals surface area (Å²) in [7, 11) is 1.50. The number of hydrogen-bond acceptors (Lipinski definition) is 5. The van der Waals surface area contributed by atoms with E-state index in [-0.39, 0.29) is 11.9 Å². The van der Waals surface area contributed by atoms with Crippen LogP contribution in [-0.4, -0.2) is 36.4 Å². The Labute approximate surface area is 158 Å². The Morgan fingerprint density at radius 2 is 2.00 bits per heavy atom. The molecule has 1 saturated heterocycles. The summed E-state index contributed by atoms with van der Waals surface area (Å²) in [5.41, 5.74) is 5.94. The van der Waals surface area contributed by atoms with Gasteiger partial charge in [-0.15, -0.1) is 0 Å².